The van der Waals surface area contributed by atoms with Crippen LogP contribution in [0.4, 0.5) is 4.79 Å². The van der Waals surface area contributed by atoms with Crippen molar-refractivity contribution in [2.45, 2.75) is 33.2 Å². The number of carbonyl (C=O) groups is 3. The lowest BCUT2D eigenvalue weighted by atomic mass is 9.88. The second-order valence-corrected chi connectivity index (χ2v) is 7.78. The number of nitrogens with one attached hydrogen (secondary N) is 2. The first kappa shape index (κ1) is 16.6. The molecule has 4 amide bonds. The van der Waals surface area contributed by atoms with Gasteiger partial charge in [-0.3, -0.25) is 19.8 Å². The zero-order valence-corrected chi connectivity index (χ0v) is 12.9. The molecule has 8 nitrogen and oxygen atoms in total. The molecule has 0 atom stereocenters. The molecule has 114 valence electrons. The highest BCUT2D eigenvalue weighted by molar-refractivity contribution is 7.88. The molecule has 20 heavy (non-hydrogen) atoms. The van der Waals surface area contributed by atoms with Gasteiger partial charge in [0.15, 0.2) is 0 Å². The van der Waals surface area contributed by atoms with Crippen molar-refractivity contribution in [3.63, 3.8) is 0 Å². The molecular weight excluding hydrogens is 286 g/mol. The fourth-order valence-corrected chi connectivity index (χ4v) is 2.99. The van der Waals surface area contributed by atoms with Crippen LogP contribution in [0.15, 0.2) is 0 Å². The average Bonchev–Trinajstić information content (AvgIpc) is 2.19. The Morgan fingerprint density at radius 2 is 1.75 bits per heavy atom. The molecule has 0 unspecified atom stereocenters. The summed E-state index contributed by atoms with van der Waals surface area (Å²) in [5.74, 6) is -1.33. The number of hydrogen-bond acceptors (Lipinski definition) is 5. The van der Waals surface area contributed by atoms with Crippen LogP contribution < -0.4 is 10.0 Å². The van der Waals surface area contributed by atoms with Crippen LogP contribution in [0.5, 0.6) is 0 Å². The maximum atomic E-state index is 12.2. The quantitative estimate of drug-likeness (QED) is 0.675. The van der Waals surface area contributed by atoms with Gasteiger partial charge in [0.1, 0.15) is 5.41 Å². The number of rotatable bonds is 4. The summed E-state index contributed by atoms with van der Waals surface area (Å²) in [6.07, 6.45) is 0.986. The molecule has 0 bridgehead atoms. The van der Waals surface area contributed by atoms with E-state index >= 15 is 0 Å². The summed E-state index contributed by atoms with van der Waals surface area (Å²) >= 11 is 0. The van der Waals surface area contributed by atoms with Crippen molar-refractivity contribution in [1.29, 1.82) is 0 Å². The highest BCUT2D eigenvalue weighted by Gasteiger charge is 2.48. The SMILES string of the molecule is CC(C)(CN1C(=O)NC(=O)C(C)(C)C1=O)NS(C)(=O)=O. The van der Waals surface area contributed by atoms with Gasteiger partial charge in [-0.2, -0.15) is 0 Å². The monoisotopic (exact) mass is 305 g/mol. The molecule has 1 aliphatic rings. The first-order valence-electron chi connectivity index (χ1n) is 5.93. The van der Waals surface area contributed by atoms with Gasteiger partial charge in [0.2, 0.25) is 21.8 Å². The van der Waals surface area contributed by atoms with E-state index in [1.165, 1.54) is 27.7 Å². The summed E-state index contributed by atoms with van der Waals surface area (Å²) in [5, 5.41) is 2.09. The molecule has 2 N–H and O–H groups in total. The number of urea groups is 1. The van der Waals surface area contributed by atoms with Crippen molar-refractivity contribution in [3.05, 3.63) is 0 Å². The standard InChI is InChI=1S/C11H19N3O5S/c1-10(2,13-20(5,18)19)6-14-8(16)11(3,4)7(15)12-9(14)17/h13H,6H2,1-5H3,(H,12,15,17). The third-order valence-electron chi connectivity index (χ3n) is 2.83. The van der Waals surface area contributed by atoms with Gasteiger partial charge >= 0.3 is 6.03 Å². The molecule has 1 aliphatic heterocycles. The Morgan fingerprint density at radius 3 is 2.20 bits per heavy atom. The van der Waals surface area contributed by atoms with Gasteiger partial charge in [-0.15, -0.1) is 0 Å². The van der Waals surface area contributed by atoms with Crippen LogP contribution in [0.2, 0.25) is 0 Å². The van der Waals surface area contributed by atoms with Gasteiger partial charge < -0.3 is 0 Å². The lowest BCUT2D eigenvalue weighted by Crippen LogP contribution is -2.65. The third-order valence-corrected chi connectivity index (χ3v) is 3.75. The van der Waals surface area contributed by atoms with Crippen LogP contribution in [0.3, 0.4) is 0 Å². The molecule has 0 radical (unpaired) electrons. The van der Waals surface area contributed by atoms with Crippen LogP contribution in [0.25, 0.3) is 0 Å². The molecule has 0 aliphatic carbocycles. The van der Waals surface area contributed by atoms with Gasteiger partial charge in [0, 0.05) is 12.1 Å². The Balaban J connectivity index is 2.99. The predicted molar refractivity (Wildman–Crippen MR) is 71.1 cm³/mol. The molecule has 9 heteroatoms. The van der Waals surface area contributed by atoms with Gasteiger partial charge in [-0.1, -0.05) is 0 Å². The summed E-state index contributed by atoms with van der Waals surface area (Å²) in [5.41, 5.74) is -2.41. The molecule has 0 aromatic rings. The van der Waals surface area contributed by atoms with E-state index in [-0.39, 0.29) is 6.54 Å². The van der Waals surface area contributed by atoms with Crippen LogP contribution >= 0.6 is 0 Å². The van der Waals surface area contributed by atoms with E-state index in [2.05, 4.69) is 10.0 Å². The first-order valence-corrected chi connectivity index (χ1v) is 7.82. The summed E-state index contributed by atoms with van der Waals surface area (Å²) in [6.45, 7) is 5.71. The van der Waals surface area contributed by atoms with Crippen molar-refractivity contribution in [2.75, 3.05) is 12.8 Å². The molecule has 1 saturated heterocycles. The van der Waals surface area contributed by atoms with Crippen molar-refractivity contribution in [3.8, 4) is 0 Å². The zero-order chi connectivity index (χ0) is 15.9. The normalized spacial score (nSPS) is 20.1. The van der Waals surface area contributed by atoms with E-state index < -0.39 is 38.8 Å². The van der Waals surface area contributed by atoms with Crippen LogP contribution in [-0.2, 0) is 19.6 Å². The van der Waals surface area contributed by atoms with Crippen molar-refractivity contribution in [2.24, 2.45) is 5.41 Å². The van der Waals surface area contributed by atoms with Crippen molar-refractivity contribution >= 4 is 27.9 Å². The molecule has 1 rings (SSSR count). The van der Waals surface area contributed by atoms with Crippen LogP contribution in [-0.4, -0.2) is 49.5 Å². The van der Waals surface area contributed by atoms with Gasteiger partial charge in [0.05, 0.1) is 6.26 Å². The lowest BCUT2D eigenvalue weighted by molar-refractivity contribution is -0.149. The Hall–Kier alpha value is -1.48. The minimum atomic E-state index is -3.49. The largest absolute Gasteiger partial charge is 0.330 e. The van der Waals surface area contributed by atoms with Crippen LogP contribution in [0, 0.1) is 5.41 Å². The number of carbonyl (C=O) groups excluding carboxylic acids is 3. The fraction of sp³-hybridized carbons (Fsp3) is 0.727. The summed E-state index contributed by atoms with van der Waals surface area (Å²) < 4.78 is 24.9. The van der Waals surface area contributed by atoms with E-state index in [1.807, 2.05) is 0 Å². The van der Waals surface area contributed by atoms with Gasteiger partial charge in [-0.05, 0) is 27.7 Å². The van der Waals surface area contributed by atoms with E-state index in [4.69, 9.17) is 0 Å². The Labute approximate surface area is 117 Å². The van der Waals surface area contributed by atoms with E-state index in [1.54, 1.807) is 0 Å². The molecule has 1 fully saturated rings. The Bertz CT molecular complexity index is 565. The molecule has 1 heterocycles. The Kier molecular flexibility index (Phi) is 3.99. The predicted octanol–water partition coefficient (Wildman–Crippen LogP) is -0.581. The van der Waals surface area contributed by atoms with Crippen molar-refractivity contribution < 1.29 is 22.8 Å². The minimum Gasteiger partial charge on any atom is -0.277 e. The number of imide groups is 2. The molecule has 0 spiro atoms. The van der Waals surface area contributed by atoms with Crippen molar-refractivity contribution in [1.82, 2.24) is 14.9 Å². The minimum absolute atomic E-state index is 0.179. The summed E-state index contributed by atoms with van der Waals surface area (Å²) in [4.78, 5) is 36.4. The topological polar surface area (TPSA) is 113 Å². The maximum absolute atomic E-state index is 12.2. The number of amides is 4. The number of barbiturate groups is 1. The van der Waals surface area contributed by atoms with Gasteiger partial charge in [-0.25, -0.2) is 17.9 Å². The smallest absolute Gasteiger partial charge is 0.277 e. The van der Waals surface area contributed by atoms with Gasteiger partial charge in [0.25, 0.3) is 0 Å². The lowest BCUT2D eigenvalue weighted by Gasteiger charge is -2.38. The Morgan fingerprint density at radius 1 is 1.25 bits per heavy atom. The molecular formula is C11H19N3O5S. The second kappa shape index (κ2) is 4.81. The number of sulfonamides is 1. The second-order valence-electron chi connectivity index (χ2n) is 6.03. The third kappa shape index (κ3) is 3.54. The summed E-state index contributed by atoms with van der Waals surface area (Å²) in [6, 6.07) is -0.845. The molecule has 0 aromatic heterocycles. The van der Waals surface area contributed by atoms with E-state index in [0.717, 1.165) is 11.2 Å². The maximum Gasteiger partial charge on any atom is 0.330 e. The van der Waals surface area contributed by atoms with E-state index in [0.29, 0.717) is 0 Å². The average molecular weight is 305 g/mol. The summed E-state index contributed by atoms with van der Waals surface area (Å²) in [7, 11) is -3.49. The highest BCUT2D eigenvalue weighted by Crippen LogP contribution is 2.24. The number of hydrogen-bond donors (Lipinski definition) is 2. The number of nitrogens with zero attached hydrogens (tertiary/aromatic N) is 1. The first-order chi connectivity index (χ1) is 8.76. The van der Waals surface area contributed by atoms with Crippen LogP contribution in [0.1, 0.15) is 27.7 Å². The zero-order valence-electron chi connectivity index (χ0n) is 12.1. The highest BCUT2D eigenvalue weighted by atomic mass is 32.2. The van der Waals surface area contributed by atoms with E-state index in [9.17, 15) is 22.8 Å². The molecule has 0 aromatic carbocycles. The molecule has 0 saturated carbocycles. The fourth-order valence-electron chi connectivity index (χ4n) is 1.92.